The summed E-state index contributed by atoms with van der Waals surface area (Å²) >= 11 is 0. The molecule has 5 heavy (non-hydrogen) atoms. The van der Waals surface area contributed by atoms with E-state index in [0.29, 0.717) is 0 Å². The zero-order valence-electron chi connectivity index (χ0n) is 1.00. The quantitative estimate of drug-likeness (QED) is 0.403. The molecule has 0 aliphatic rings. The molecular weight excluding hydrogens is 229 g/mol. The smallest absolute Gasteiger partial charge is 0.0149 e. The van der Waals surface area contributed by atoms with Crippen molar-refractivity contribution in [1.29, 1.82) is 0 Å². The van der Waals surface area contributed by atoms with E-state index >= 15 is 0 Å². The van der Waals surface area contributed by atoms with Crippen LogP contribution in [-0.4, -0.2) is 28.3 Å². The molecule has 0 aromatic heterocycles. The molecule has 0 bridgehead atoms. The average molecular weight is 236 g/mol. The fraction of sp³-hybridized carbons (Fsp3) is 0. The summed E-state index contributed by atoms with van der Waals surface area (Å²) in [5.41, 5.74) is 0. The molecule has 0 nitrogen and oxygen atoms in total. The predicted octanol–water partition coefficient (Wildman–Crippen LogP) is -2.64. The van der Waals surface area contributed by atoms with E-state index in [-0.39, 0.29) is 78.7 Å². The molecule has 0 atom stereocenters. The first-order valence-corrected chi connectivity index (χ1v) is 0. The Morgan fingerprint density at radius 2 is 1.00 bits per heavy atom. The Hall–Kier alpha value is 2.27. The van der Waals surface area contributed by atoms with Gasteiger partial charge in [0.25, 0.3) is 0 Å². The third-order valence-electron chi connectivity index (χ3n) is 0. The zero-order valence-corrected chi connectivity index (χ0v) is 4.14. The fourth-order valence-electron chi connectivity index (χ4n) is 0. The van der Waals surface area contributed by atoms with E-state index in [4.69, 9.17) is 0 Å². The SMILES string of the molecule is [AlH3].[Co].[Fe].[Ni].[SiH4]. The van der Waals surface area contributed by atoms with E-state index in [1.54, 1.807) is 0 Å². The summed E-state index contributed by atoms with van der Waals surface area (Å²) in [5, 5.41) is 0. The molecule has 0 amide bonds. The molecule has 0 aliphatic heterocycles. The Morgan fingerprint density at radius 3 is 1.00 bits per heavy atom. The summed E-state index contributed by atoms with van der Waals surface area (Å²) in [7, 11) is 0. The van der Waals surface area contributed by atoms with E-state index in [0.717, 1.165) is 0 Å². The molecule has 0 N–H and O–H groups in total. The molecule has 41 valence electrons. The van der Waals surface area contributed by atoms with Crippen molar-refractivity contribution in [3.8, 4) is 0 Å². The maximum atomic E-state index is 0. The first-order valence-electron chi connectivity index (χ1n) is 0. The van der Waals surface area contributed by atoms with Crippen molar-refractivity contribution in [2.75, 3.05) is 0 Å². The van der Waals surface area contributed by atoms with Crippen LogP contribution in [0.25, 0.3) is 0 Å². The molecule has 0 saturated heterocycles. The van der Waals surface area contributed by atoms with Crippen LogP contribution in [0.4, 0.5) is 0 Å². The molecule has 0 saturated carbocycles. The second-order valence-electron chi connectivity index (χ2n) is 0. The Balaban J connectivity index is 0. The number of hydrogen-bond donors (Lipinski definition) is 0. The normalized spacial score (nSPS) is 0. The second kappa shape index (κ2) is 33.8. The van der Waals surface area contributed by atoms with Gasteiger partial charge >= 0.3 is 0 Å². The average Bonchev–Trinajstić information content (AvgIpc) is 0. The van der Waals surface area contributed by atoms with Crippen LogP contribution in [0.3, 0.4) is 0 Å². The molecule has 0 heterocycles. The monoisotopic (exact) mass is 235 g/mol. The molecule has 0 rings (SSSR count). The van der Waals surface area contributed by atoms with Crippen molar-refractivity contribution >= 4 is 28.3 Å². The molecule has 5 heteroatoms. The predicted molar refractivity (Wildman–Crippen MR) is 21.3 cm³/mol. The van der Waals surface area contributed by atoms with E-state index in [1.165, 1.54) is 0 Å². The minimum absolute atomic E-state index is 0. The van der Waals surface area contributed by atoms with Crippen LogP contribution in [0.2, 0.25) is 0 Å². The van der Waals surface area contributed by atoms with Crippen molar-refractivity contribution in [2.24, 2.45) is 0 Å². The van der Waals surface area contributed by atoms with Gasteiger partial charge in [-0.25, -0.2) is 0 Å². The van der Waals surface area contributed by atoms with Crippen molar-refractivity contribution in [2.45, 2.75) is 0 Å². The summed E-state index contributed by atoms with van der Waals surface area (Å²) in [6.45, 7) is 0. The van der Waals surface area contributed by atoms with Crippen LogP contribution in [0.15, 0.2) is 0 Å². The summed E-state index contributed by atoms with van der Waals surface area (Å²) in [6.07, 6.45) is 0. The van der Waals surface area contributed by atoms with Crippen LogP contribution in [0.5, 0.6) is 0 Å². The van der Waals surface area contributed by atoms with Crippen molar-refractivity contribution in [3.63, 3.8) is 0 Å². The van der Waals surface area contributed by atoms with E-state index in [1.807, 2.05) is 0 Å². The van der Waals surface area contributed by atoms with Crippen LogP contribution < -0.4 is 0 Å². The maximum Gasteiger partial charge on any atom is 0.187 e. The molecule has 0 unspecified atom stereocenters. The van der Waals surface area contributed by atoms with Crippen LogP contribution in [-0.2, 0) is 50.3 Å². The summed E-state index contributed by atoms with van der Waals surface area (Å²) in [5.74, 6) is 0. The van der Waals surface area contributed by atoms with Gasteiger partial charge in [0.15, 0.2) is 17.4 Å². The zero-order chi connectivity index (χ0) is 0. The molecule has 0 aromatic carbocycles. The van der Waals surface area contributed by atoms with Crippen LogP contribution in [0, 0.1) is 0 Å². The van der Waals surface area contributed by atoms with Crippen molar-refractivity contribution < 1.29 is 50.3 Å². The number of rotatable bonds is 0. The number of hydrogen-bond acceptors (Lipinski definition) is 0. The largest absolute Gasteiger partial charge is 0.187 e. The first kappa shape index (κ1) is 55.5. The molecule has 1 radical (unpaired) electrons. The van der Waals surface area contributed by atoms with Gasteiger partial charge in [-0.15, -0.1) is 0 Å². The Morgan fingerprint density at radius 1 is 1.00 bits per heavy atom. The molecule has 0 aliphatic carbocycles. The van der Waals surface area contributed by atoms with Gasteiger partial charge in [0.1, 0.15) is 0 Å². The van der Waals surface area contributed by atoms with Gasteiger partial charge in [-0.3, -0.25) is 0 Å². The van der Waals surface area contributed by atoms with Crippen molar-refractivity contribution in [1.82, 2.24) is 0 Å². The third kappa shape index (κ3) is 22.2. The van der Waals surface area contributed by atoms with E-state index in [9.17, 15) is 0 Å². The Kier molecular flexibility index (Phi) is 375. The molecule has 0 fully saturated rings. The molecular formula is H7AlCoFeNiSi. The maximum absolute atomic E-state index is 0. The molecule has 0 spiro atoms. The Labute approximate surface area is 78.0 Å². The van der Waals surface area contributed by atoms with Gasteiger partial charge < -0.3 is 0 Å². The summed E-state index contributed by atoms with van der Waals surface area (Å²) in [6, 6.07) is 0. The minimum atomic E-state index is 0. The topological polar surface area (TPSA) is 0 Å². The van der Waals surface area contributed by atoms with E-state index < -0.39 is 0 Å². The van der Waals surface area contributed by atoms with Crippen LogP contribution in [0.1, 0.15) is 0 Å². The second-order valence-corrected chi connectivity index (χ2v) is 0. The van der Waals surface area contributed by atoms with E-state index in [2.05, 4.69) is 0 Å². The van der Waals surface area contributed by atoms with Crippen molar-refractivity contribution in [3.05, 3.63) is 0 Å². The Bertz CT molecular complexity index is 11.6. The van der Waals surface area contributed by atoms with Gasteiger partial charge in [-0.2, -0.15) is 0 Å². The van der Waals surface area contributed by atoms with Gasteiger partial charge in [-0.1, -0.05) is 0 Å². The third-order valence-corrected chi connectivity index (χ3v) is 0. The standard InChI is InChI=1S/Al.Co.Fe.Ni.H4Si.3H/h;;;;1H4;;;. The van der Waals surface area contributed by atoms with Crippen LogP contribution >= 0.6 is 0 Å². The van der Waals surface area contributed by atoms with Gasteiger partial charge in [0.05, 0.1) is 0 Å². The molecule has 0 aromatic rings. The first-order chi connectivity index (χ1) is 0. The van der Waals surface area contributed by atoms with Gasteiger partial charge in [-0.05, 0) is 11.0 Å². The minimum Gasteiger partial charge on any atom is -0.0149 e. The van der Waals surface area contributed by atoms with Gasteiger partial charge in [0, 0.05) is 50.3 Å². The summed E-state index contributed by atoms with van der Waals surface area (Å²) < 4.78 is 0. The fourth-order valence-corrected chi connectivity index (χ4v) is 0. The summed E-state index contributed by atoms with van der Waals surface area (Å²) in [4.78, 5) is 0. The van der Waals surface area contributed by atoms with Gasteiger partial charge in [0.2, 0.25) is 0 Å².